The van der Waals surface area contributed by atoms with E-state index in [1.807, 2.05) is 35.4 Å². The number of H-pyrrole nitrogens is 1. The normalized spacial score (nSPS) is 15.0. The molecule has 9 heteroatoms. The van der Waals surface area contributed by atoms with Crippen LogP contribution in [0.15, 0.2) is 60.0 Å². The Kier molecular flexibility index (Phi) is 4.62. The SMILES string of the molecule is O=C(c1cccc2[nH]ccc12)N1CCC(Cn2nc(-n3cncn3)ccc2=O)CC1. The van der Waals surface area contributed by atoms with Crippen LogP contribution in [-0.4, -0.2) is 53.4 Å². The number of nitrogens with zero attached hydrogens (tertiary/aromatic N) is 6. The second-order valence-electron chi connectivity index (χ2n) is 7.53. The highest BCUT2D eigenvalue weighted by atomic mass is 16.2. The van der Waals surface area contributed by atoms with E-state index in [9.17, 15) is 9.59 Å². The third-order valence-corrected chi connectivity index (χ3v) is 5.66. The highest BCUT2D eigenvalue weighted by molar-refractivity contribution is 6.06. The van der Waals surface area contributed by atoms with Crippen LogP contribution in [0.3, 0.4) is 0 Å². The standard InChI is InChI=1S/C21H21N7O2/c29-20-5-4-19(28-14-22-13-24-28)25-27(20)12-15-7-10-26(11-8-15)21(30)17-2-1-3-18-16(17)6-9-23-18/h1-6,9,13-15,23H,7-8,10-12H2. The Hall–Kier alpha value is -3.75. The molecule has 1 aromatic carbocycles. The number of aromatic nitrogens is 6. The minimum absolute atomic E-state index is 0.0575. The van der Waals surface area contributed by atoms with Gasteiger partial charge in [-0.3, -0.25) is 9.59 Å². The number of carbonyl (C=O) groups is 1. The first kappa shape index (κ1) is 18.3. The summed E-state index contributed by atoms with van der Waals surface area (Å²) in [5, 5.41) is 9.43. The van der Waals surface area contributed by atoms with Crippen molar-refractivity contribution in [2.75, 3.05) is 13.1 Å². The number of carbonyl (C=O) groups excluding carboxylic acids is 1. The maximum atomic E-state index is 13.0. The summed E-state index contributed by atoms with van der Waals surface area (Å²) in [6.07, 6.45) is 6.49. The van der Waals surface area contributed by atoms with E-state index in [0.29, 0.717) is 25.5 Å². The molecule has 152 valence electrons. The first-order valence-corrected chi connectivity index (χ1v) is 9.97. The maximum absolute atomic E-state index is 13.0. The van der Waals surface area contributed by atoms with E-state index in [1.165, 1.54) is 21.8 Å². The van der Waals surface area contributed by atoms with Crippen LogP contribution < -0.4 is 5.56 Å². The predicted octanol–water partition coefficient (Wildman–Crippen LogP) is 1.86. The van der Waals surface area contributed by atoms with Crippen LogP contribution in [0.4, 0.5) is 0 Å². The molecule has 1 N–H and O–H groups in total. The number of amides is 1. The first-order chi connectivity index (χ1) is 14.7. The molecule has 4 heterocycles. The average molecular weight is 403 g/mol. The molecule has 0 radical (unpaired) electrons. The van der Waals surface area contributed by atoms with Gasteiger partial charge >= 0.3 is 0 Å². The second kappa shape index (κ2) is 7.58. The van der Waals surface area contributed by atoms with Crippen molar-refractivity contribution >= 4 is 16.8 Å². The van der Waals surface area contributed by atoms with Crippen molar-refractivity contribution in [2.24, 2.45) is 5.92 Å². The molecule has 0 bridgehead atoms. The van der Waals surface area contributed by atoms with Gasteiger partial charge in [0.2, 0.25) is 0 Å². The minimum atomic E-state index is -0.142. The van der Waals surface area contributed by atoms with Gasteiger partial charge in [-0.1, -0.05) is 6.07 Å². The topological polar surface area (TPSA) is 102 Å². The summed E-state index contributed by atoms with van der Waals surface area (Å²) in [6.45, 7) is 1.86. The molecule has 1 fully saturated rings. The Morgan fingerprint density at radius 1 is 1.13 bits per heavy atom. The zero-order valence-electron chi connectivity index (χ0n) is 16.3. The van der Waals surface area contributed by atoms with Crippen LogP contribution in [0.25, 0.3) is 16.7 Å². The molecule has 1 saturated heterocycles. The van der Waals surface area contributed by atoms with Crippen molar-refractivity contribution < 1.29 is 4.79 Å². The summed E-state index contributed by atoms with van der Waals surface area (Å²) in [5.41, 5.74) is 1.55. The van der Waals surface area contributed by atoms with E-state index in [4.69, 9.17) is 0 Å². The number of nitrogens with one attached hydrogen (secondary N) is 1. The monoisotopic (exact) mass is 403 g/mol. The summed E-state index contributed by atoms with van der Waals surface area (Å²) in [4.78, 5) is 34.3. The third-order valence-electron chi connectivity index (χ3n) is 5.66. The average Bonchev–Trinajstić information content (AvgIpc) is 3.47. The molecule has 5 rings (SSSR count). The summed E-state index contributed by atoms with van der Waals surface area (Å²) >= 11 is 0. The Labute approximate surface area is 172 Å². The van der Waals surface area contributed by atoms with E-state index in [0.717, 1.165) is 29.3 Å². The smallest absolute Gasteiger partial charge is 0.266 e. The van der Waals surface area contributed by atoms with Crippen LogP contribution in [-0.2, 0) is 6.54 Å². The Morgan fingerprint density at radius 2 is 2.00 bits per heavy atom. The molecule has 1 aliphatic heterocycles. The number of benzene rings is 1. The lowest BCUT2D eigenvalue weighted by Gasteiger charge is -2.32. The number of hydrogen-bond acceptors (Lipinski definition) is 5. The van der Waals surface area contributed by atoms with E-state index >= 15 is 0 Å². The van der Waals surface area contributed by atoms with Gasteiger partial charge in [-0.25, -0.2) is 14.3 Å². The number of piperidine rings is 1. The number of fused-ring (bicyclic) bond motifs is 1. The molecule has 0 aliphatic carbocycles. The van der Waals surface area contributed by atoms with E-state index < -0.39 is 0 Å². The molecule has 3 aromatic heterocycles. The molecule has 0 atom stereocenters. The fraction of sp³-hybridized carbons (Fsp3) is 0.286. The lowest BCUT2D eigenvalue weighted by Crippen LogP contribution is -2.40. The van der Waals surface area contributed by atoms with Gasteiger partial charge in [-0.15, -0.1) is 5.10 Å². The molecule has 1 aliphatic rings. The van der Waals surface area contributed by atoms with Gasteiger partial charge in [0, 0.05) is 48.4 Å². The van der Waals surface area contributed by atoms with Crippen molar-refractivity contribution in [3.05, 3.63) is 71.2 Å². The summed E-state index contributed by atoms with van der Waals surface area (Å²) < 4.78 is 3.01. The molecular formula is C21H21N7O2. The number of aromatic amines is 1. The molecular weight excluding hydrogens is 382 g/mol. The van der Waals surface area contributed by atoms with Crippen LogP contribution in [0.5, 0.6) is 0 Å². The number of hydrogen-bond donors (Lipinski definition) is 1. The summed E-state index contributed by atoms with van der Waals surface area (Å²) in [6, 6.07) is 10.8. The highest BCUT2D eigenvalue weighted by Gasteiger charge is 2.25. The van der Waals surface area contributed by atoms with Crippen molar-refractivity contribution in [2.45, 2.75) is 19.4 Å². The molecule has 1 amide bonds. The summed E-state index contributed by atoms with van der Waals surface area (Å²) in [7, 11) is 0. The second-order valence-corrected chi connectivity index (χ2v) is 7.53. The predicted molar refractivity (Wildman–Crippen MR) is 110 cm³/mol. The lowest BCUT2D eigenvalue weighted by molar-refractivity contribution is 0.0682. The van der Waals surface area contributed by atoms with Gasteiger partial charge in [0.25, 0.3) is 11.5 Å². The molecule has 0 saturated carbocycles. The Morgan fingerprint density at radius 3 is 2.80 bits per heavy atom. The molecule has 0 unspecified atom stereocenters. The number of likely N-dealkylation sites (tertiary alicyclic amines) is 1. The van der Waals surface area contributed by atoms with Crippen LogP contribution in [0.2, 0.25) is 0 Å². The van der Waals surface area contributed by atoms with E-state index in [2.05, 4.69) is 20.2 Å². The minimum Gasteiger partial charge on any atom is -0.361 e. The quantitative estimate of drug-likeness (QED) is 0.560. The van der Waals surface area contributed by atoms with Crippen LogP contribution in [0, 0.1) is 5.92 Å². The van der Waals surface area contributed by atoms with Crippen molar-refractivity contribution in [1.82, 2.24) is 34.4 Å². The van der Waals surface area contributed by atoms with Gasteiger partial charge in [0.05, 0.1) is 0 Å². The largest absolute Gasteiger partial charge is 0.361 e. The molecule has 4 aromatic rings. The van der Waals surface area contributed by atoms with Gasteiger partial charge in [-0.2, -0.15) is 5.10 Å². The molecule has 30 heavy (non-hydrogen) atoms. The Balaban J connectivity index is 1.27. The third kappa shape index (κ3) is 3.38. The van der Waals surface area contributed by atoms with Crippen LogP contribution >= 0.6 is 0 Å². The van der Waals surface area contributed by atoms with Gasteiger partial charge in [0.1, 0.15) is 12.7 Å². The fourth-order valence-electron chi connectivity index (χ4n) is 4.02. The summed E-state index contributed by atoms with van der Waals surface area (Å²) in [5.74, 6) is 0.898. The molecule has 9 nitrogen and oxygen atoms in total. The maximum Gasteiger partial charge on any atom is 0.266 e. The van der Waals surface area contributed by atoms with E-state index in [-0.39, 0.29) is 17.4 Å². The van der Waals surface area contributed by atoms with Gasteiger partial charge in [0.15, 0.2) is 5.82 Å². The van der Waals surface area contributed by atoms with Crippen molar-refractivity contribution in [3.8, 4) is 5.82 Å². The van der Waals surface area contributed by atoms with E-state index in [1.54, 1.807) is 12.4 Å². The van der Waals surface area contributed by atoms with Crippen molar-refractivity contribution in [1.29, 1.82) is 0 Å². The first-order valence-electron chi connectivity index (χ1n) is 9.97. The molecule has 0 spiro atoms. The lowest BCUT2D eigenvalue weighted by atomic mass is 9.96. The number of rotatable bonds is 4. The zero-order chi connectivity index (χ0) is 20.5. The van der Waals surface area contributed by atoms with Gasteiger partial charge in [-0.05, 0) is 43.0 Å². The Bertz CT molecular complexity index is 1230. The van der Waals surface area contributed by atoms with Crippen LogP contribution in [0.1, 0.15) is 23.2 Å². The van der Waals surface area contributed by atoms with Crippen molar-refractivity contribution in [3.63, 3.8) is 0 Å². The van der Waals surface area contributed by atoms with Gasteiger partial charge < -0.3 is 9.88 Å². The fourth-order valence-corrected chi connectivity index (χ4v) is 4.02. The highest BCUT2D eigenvalue weighted by Crippen LogP contribution is 2.23. The zero-order valence-corrected chi connectivity index (χ0v) is 16.3.